The fourth-order valence-electron chi connectivity index (χ4n) is 2.23. The first-order valence-corrected chi connectivity index (χ1v) is 6.62. The number of urea groups is 1. The molecular formula is C14H19FN2O2. The summed E-state index contributed by atoms with van der Waals surface area (Å²) in [4.78, 5) is 13.8. The van der Waals surface area contributed by atoms with Crippen LogP contribution in [0.25, 0.3) is 0 Å². The standard InChI is InChI=1S/C14H19FN2O2/c1-2-19-13-4-3-9-17(10-13)14(18)16-12-7-5-11(15)6-8-12/h5-8,13H,2-4,9-10H2,1H3,(H,16,18). The number of rotatable bonds is 3. The molecule has 1 unspecified atom stereocenters. The van der Waals surface area contributed by atoms with Crippen molar-refractivity contribution in [3.05, 3.63) is 30.1 Å². The molecule has 0 bridgehead atoms. The van der Waals surface area contributed by atoms with E-state index in [0.717, 1.165) is 19.4 Å². The lowest BCUT2D eigenvalue weighted by Gasteiger charge is -2.32. The Balaban J connectivity index is 1.90. The Morgan fingerprint density at radius 1 is 1.47 bits per heavy atom. The van der Waals surface area contributed by atoms with Gasteiger partial charge < -0.3 is 15.0 Å². The second-order valence-corrected chi connectivity index (χ2v) is 4.60. The molecule has 1 fully saturated rings. The third kappa shape index (κ3) is 3.92. The minimum Gasteiger partial charge on any atom is -0.377 e. The Labute approximate surface area is 112 Å². The summed E-state index contributed by atoms with van der Waals surface area (Å²) >= 11 is 0. The van der Waals surface area contributed by atoms with Crippen molar-refractivity contribution in [2.45, 2.75) is 25.9 Å². The number of nitrogens with one attached hydrogen (secondary N) is 1. The van der Waals surface area contributed by atoms with Gasteiger partial charge in [0.2, 0.25) is 0 Å². The van der Waals surface area contributed by atoms with Crippen LogP contribution in [0.1, 0.15) is 19.8 Å². The van der Waals surface area contributed by atoms with Crippen LogP contribution in [0.4, 0.5) is 14.9 Å². The van der Waals surface area contributed by atoms with Crippen LogP contribution in [-0.4, -0.2) is 36.7 Å². The van der Waals surface area contributed by atoms with Crippen molar-refractivity contribution in [3.8, 4) is 0 Å². The molecule has 2 rings (SSSR count). The van der Waals surface area contributed by atoms with Gasteiger partial charge in [0.15, 0.2) is 0 Å². The van der Waals surface area contributed by atoms with Crippen LogP contribution < -0.4 is 5.32 Å². The maximum atomic E-state index is 12.8. The quantitative estimate of drug-likeness (QED) is 0.914. The van der Waals surface area contributed by atoms with Crippen molar-refractivity contribution in [2.75, 3.05) is 25.0 Å². The number of likely N-dealkylation sites (tertiary alicyclic amines) is 1. The van der Waals surface area contributed by atoms with Crippen molar-refractivity contribution < 1.29 is 13.9 Å². The van der Waals surface area contributed by atoms with E-state index in [2.05, 4.69) is 5.32 Å². The average molecular weight is 266 g/mol. The van der Waals surface area contributed by atoms with Crippen LogP contribution >= 0.6 is 0 Å². The molecule has 104 valence electrons. The summed E-state index contributed by atoms with van der Waals surface area (Å²) in [5.74, 6) is -0.313. The van der Waals surface area contributed by atoms with Gasteiger partial charge in [-0.3, -0.25) is 0 Å². The number of nitrogens with zero attached hydrogens (tertiary/aromatic N) is 1. The molecule has 19 heavy (non-hydrogen) atoms. The first-order valence-electron chi connectivity index (χ1n) is 6.62. The van der Waals surface area contributed by atoms with E-state index in [-0.39, 0.29) is 18.0 Å². The maximum Gasteiger partial charge on any atom is 0.321 e. The number of hydrogen-bond donors (Lipinski definition) is 1. The molecule has 1 heterocycles. The molecule has 4 nitrogen and oxygen atoms in total. The van der Waals surface area contributed by atoms with E-state index in [0.29, 0.717) is 18.8 Å². The minimum absolute atomic E-state index is 0.123. The first-order chi connectivity index (χ1) is 9.19. The summed E-state index contributed by atoms with van der Waals surface area (Å²) in [6, 6.07) is 5.61. The van der Waals surface area contributed by atoms with Crippen molar-refractivity contribution in [1.29, 1.82) is 0 Å². The van der Waals surface area contributed by atoms with Crippen molar-refractivity contribution in [3.63, 3.8) is 0 Å². The summed E-state index contributed by atoms with van der Waals surface area (Å²) in [5.41, 5.74) is 0.602. The van der Waals surface area contributed by atoms with Crippen LogP contribution in [0, 0.1) is 5.82 Å². The Hall–Kier alpha value is -1.62. The van der Waals surface area contributed by atoms with Gasteiger partial charge in [0.05, 0.1) is 6.10 Å². The van der Waals surface area contributed by atoms with E-state index in [1.807, 2.05) is 6.92 Å². The van der Waals surface area contributed by atoms with Gasteiger partial charge in [-0.1, -0.05) is 0 Å². The highest BCUT2D eigenvalue weighted by molar-refractivity contribution is 5.89. The van der Waals surface area contributed by atoms with E-state index in [4.69, 9.17) is 4.74 Å². The fraction of sp³-hybridized carbons (Fsp3) is 0.500. The number of ether oxygens (including phenoxy) is 1. The van der Waals surface area contributed by atoms with Gasteiger partial charge in [-0.15, -0.1) is 0 Å². The predicted molar refractivity (Wildman–Crippen MR) is 71.6 cm³/mol. The molecule has 1 atom stereocenters. The number of anilines is 1. The van der Waals surface area contributed by atoms with E-state index in [1.165, 1.54) is 12.1 Å². The summed E-state index contributed by atoms with van der Waals surface area (Å²) in [5, 5.41) is 2.77. The van der Waals surface area contributed by atoms with Gasteiger partial charge in [0.25, 0.3) is 0 Å². The zero-order chi connectivity index (χ0) is 13.7. The molecule has 0 saturated carbocycles. The molecule has 1 aromatic carbocycles. The number of carbonyl (C=O) groups excluding carboxylic acids is 1. The zero-order valence-corrected chi connectivity index (χ0v) is 11.1. The Morgan fingerprint density at radius 3 is 2.89 bits per heavy atom. The van der Waals surface area contributed by atoms with Gasteiger partial charge in [-0.2, -0.15) is 0 Å². The Morgan fingerprint density at radius 2 is 2.21 bits per heavy atom. The van der Waals surface area contributed by atoms with Crippen LogP contribution in [-0.2, 0) is 4.74 Å². The molecule has 1 aliphatic rings. The van der Waals surface area contributed by atoms with Crippen LogP contribution in [0.15, 0.2) is 24.3 Å². The second-order valence-electron chi connectivity index (χ2n) is 4.60. The summed E-state index contributed by atoms with van der Waals surface area (Å²) in [7, 11) is 0. The highest BCUT2D eigenvalue weighted by atomic mass is 19.1. The molecule has 5 heteroatoms. The van der Waals surface area contributed by atoms with Crippen LogP contribution in [0.2, 0.25) is 0 Å². The molecule has 0 spiro atoms. The highest BCUT2D eigenvalue weighted by Crippen LogP contribution is 2.15. The molecule has 0 aromatic heterocycles. The van der Waals surface area contributed by atoms with Gasteiger partial charge >= 0.3 is 6.03 Å². The average Bonchev–Trinajstić information content (AvgIpc) is 2.42. The lowest BCUT2D eigenvalue weighted by molar-refractivity contribution is 0.0181. The van der Waals surface area contributed by atoms with Crippen molar-refractivity contribution in [2.24, 2.45) is 0 Å². The summed E-state index contributed by atoms with van der Waals surface area (Å²) in [6.07, 6.45) is 2.06. The lowest BCUT2D eigenvalue weighted by Crippen LogP contribution is -2.45. The third-order valence-electron chi connectivity index (χ3n) is 3.16. The SMILES string of the molecule is CCOC1CCCN(C(=O)Nc2ccc(F)cc2)C1. The summed E-state index contributed by atoms with van der Waals surface area (Å²) in [6.45, 7) is 3.97. The smallest absolute Gasteiger partial charge is 0.321 e. The zero-order valence-electron chi connectivity index (χ0n) is 11.1. The van der Waals surface area contributed by atoms with E-state index in [9.17, 15) is 9.18 Å². The Bertz CT molecular complexity index is 420. The molecule has 1 aromatic rings. The summed E-state index contributed by atoms with van der Waals surface area (Å²) < 4.78 is 18.3. The topological polar surface area (TPSA) is 41.6 Å². The molecule has 1 N–H and O–H groups in total. The van der Waals surface area contributed by atoms with Gasteiger partial charge in [-0.25, -0.2) is 9.18 Å². The van der Waals surface area contributed by atoms with Crippen LogP contribution in [0.3, 0.4) is 0 Å². The number of benzene rings is 1. The largest absolute Gasteiger partial charge is 0.377 e. The lowest BCUT2D eigenvalue weighted by atomic mass is 10.1. The van der Waals surface area contributed by atoms with Gasteiger partial charge in [0, 0.05) is 25.4 Å². The van der Waals surface area contributed by atoms with E-state index in [1.54, 1.807) is 17.0 Å². The maximum absolute atomic E-state index is 12.8. The number of piperidine rings is 1. The minimum atomic E-state index is -0.313. The number of amides is 2. The monoisotopic (exact) mass is 266 g/mol. The van der Waals surface area contributed by atoms with E-state index >= 15 is 0 Å². The normalized spacial score (nSPS) is 19.3. The number of carbonyl (C=O) groups is 1. The molecule has 1 saturated heterocycles. The molecular weight excluding hydrogens is 247 g/mol. The number of halogens is 1. The molecule has 1 aliphatic heterocycles. The van der Waals surface area contributed by atoms with Gasteiger partial charge in [0.1, 0.15) is 5.82 Å². The Kier molecular flexibility index (Phi) is 4.74. The third-order valence-corrected chi connectivity index (χ3v) is 3.16. The second kappa shape index (κ2) is 6.52. The predicted octanol–water partition coefficient (Wildman–Crippen LogP) is 2.86. The molecule has 0 radical (unpaired) electrons. The highest BCUT2D eigenvalue weighted by Gasteiger charge is 2.23. The first kappa shape index (κ1) is 13.8. The number of hydrogen-bond acceptors (Lipinski definition) is 2. The molecule has 2 amide bonds. The van der Waals surface area contributed by atoms with Crippen molar-refractivity contribution >= 4 is 11.7 Å². The van der Waals surface area contributed by atoms with Gasteiger partial charge in [-0.05, 0) is 44.0 Å². The van der Waals surface area contributed by atoms with E-state index < -0.39 is 0 Å². The van der Waals surface area contributed by atoms with Crippen LogP contribution in [0.5, 0.6) is 0 Å². The fourth-order valence-corrected chi connectivity index (χ4v) is 2.23. The van der Waals surface area contributed by atoms with Crippen molar-refractivity contribution in [1.82, 2.24) is 4.90 Å². The molecule has 0 aliphatic carbocycles.